The van der Waals surface area contributed by atoms with Crippen molar-refractivity contribution in [2.75, 3.05) is 6.54 Å². The third-order valence-corrected chi connectivity index (χ3v) is 5.47. The summed E-state index contributed by atoms with van der Waals surface area (Å²) in [6.07, 6.45) is 9.51. The first kappa shape index (κ1) is 16.1. The molecule has 0 atom stereocenters. The summed E-state index contributed by atoms with van der Waals surface area (Å²) >= 11 is 0. The number of hydrogen-bond acceptors (Lipinski definition) is 2. The first-order chi connectivity index (χ1) is 9.99. The average molecular weight is 296 g/mol. The Kier molecular flexibility index (Phi) is 5.12. The van der Waals surface area contributed by atoms with Gasteiger partial charge in [0.15, 0.2) is 0 Å². The molecule has 0 aliphatic heterocycles. The van der Waals surface area contributed by atoms with E-state index in [0.29, 0.717) is 6.54 Å². The molecule has 0 saturated heterocycles. The monoisotopic (exact) mass is 296 g/mol. The molecule has 3 N–H and O–H groups in total. The van der Waals surface area contributed by atoms with E-state index in [0.717, 1.165) is 32.1 Å². The van der Waals surface area contributed by atoms with Crippen LogP contribution in [0.3, 0.4) is 0 Å². The molecule has 2 aliphatic rings. The molecule has 2 amide bonds. The number of aliphatic carboxylic acids is 1. The highest BCUT2D eigenvalue weighted by Crippen LogP contribution is 2.40. The fourth-order valence-electron chi connectivity index (χ4n) is 4.02. The molecular formula is C16H28N2O3. The van der Waals surface area contributed by atoms with Gasteiger partial charge in [-0.05, 0) is 37.5 Å². The first-order valence-electron chi connectivity index (χ1n) is 8.27. The molecule has 0 bridgehead atoms. The lowest BCUT2D eigenvalue weighted by Crippen LogP contribution is -2.53. The summed E-state index contributed by atoms with van der Waals surface area (Å²) in [7, 11) is 0. The average Bonchev–Trinajstić information content (AvgIpc) is 3.06. The van der Waals surface area contributed by atoms with Gasteiger partial charge in [-0.25, -0.2) is 4.79 Å². The maximum Gasteiger partial charge on any atom is 0.315 e. The maximum absolute atomic E-state index is 12.2. The minimum Gasteiger partial charge on any atom is -0.481 e. The second-order valence-corrected chi connectivity index (χ2v) is 6.93. The number of urea groups is 1. The summed E-state index contributed by atoms with van der Waals surface area (Å²) in [6, 6.07) is -0.196. The summed E-state index contributed by atoms with van der Waals surface area (Å²) in [6.45, 7) is 2.90. The number of carbonyl (C=O) groups is 2. The molecule has 0 aromatic rings. The predicted octanol–water partition coefficient (Wildman–Crippen LogP) is 3.04. The Labute approximate surface area is 126 Å². The largest absolute Gasteiger partial charge is 0.481 e. The van der Waals surface area contributed by atoms with Gasteiger partial charge >= 0.3 is 12.0 Å². The molecule has 2 saturated carbocycles. The van der Waals surface area contributed by atoms with Crippen LogP contribution in [-0.2, 0) is 4.79 Å². The minimum absolute atomic E-state index is 0.0271. The van der Waals surface area contributed by atoms with Gasteiger partial charge in [-0.15, -0.1) is 0 Å². The van der Waals surface area contributed by atoms with E-state index >= 15 is 0 Å². The number of amides is 2. The molecule has 0 spiro atoms. The van der Waals surface area contributed by atoms with Gasteiger partial charge in [0.05, 0.1) is 12.0 Å². The van der Waals surface area contributed by atoms with E-state index in [2.05, 4.69) is 17.6 Å². The van der Waals surface area contributed by atoms with Gasteiger partial charge in [0.25, 0.3) is 0 Å². The third kappa shape index (κ3) is 4.11. The van der Waals surface area contributed by atoms with Crippen LogP contribution in [0.1, 0.15) is 71.1 Å². The highest BCUT2D eigenvalue weighted by molar-refractivity contribution is 5.76. The summed E-state index contributed by atoms with van der Waals surface area (Å²) in [5.74, 6) is -0.835. The van der Waals surface area contributed by atoms with E-state index in [1.807, 2.05) is 0 Å². The number of nitrogens with one attached hydrogen (secondary N) is 2. The van der Waals surface area contributed by atoms with Crippen molar-refractivity contribution in [2.45, 2.75) is 76.7 Å². The summed E-state index contributed by atoms with van der Waals surface area (Å²) in [5, 5.41) is 15.0. The zero-order chi connectivity index (χ0) is 15.3. The lowest BCUT2D eigenvalue weighted by molar-refractivity contribution is -0.138. The molecule has 2 fully saturated rings. The number of hydrogen-bond donors (Lipinski definition) is 3. The SMILES string of the molecule is CCC1(CNC(=O)NC2(CC(=O)O)CCCC2)CCCC1. The highest BCUT2D eigenvalue weighted by atomic mass is 16.4. The maximum atomic E-state index is 12.2. The molecule has 0 heterocycles. The van der Waals surface area contributed by atoms with E-state index in [1.165, 1.54) is 25.7 Å². The van der Waals surface area contributed by atoms with E-state index in [-0.39, 0.29) is 17.9 Å². The second-order valence-electron chi connectivity index (χ2n) is 6.93. The Balaban J connectivity index is 1.86. The lowest BCUT2D eigenvalue weighted by atomic mass is 9.83. The number of rotatable bonds is 6. The fourth-order valence-corrected chi connectivity index (χ4v) is 4.02. The zero-order valence-electron chi connectivity index (χ0n) is 13.0. The zero-order valence-corrected chi connectivity index (χ0v) is 13.0. The Morgan fingerprint density at radius 1 is 1.05 bits per heavy atom. The molecule has 5 nitrogen and oxygen atoms in total. The van der Waals surface area contributed by atoms with E-state index < -0.39 is 11.5 Å². The van der Waals surface area contributed by atoms with E-state index in [1.54, 1.807) is 0 Å². The number of carboxylic acids is 1. The van der Waals surface area contributed by atoms with Crippen LogP contribution in [0.2, 0.25) is 0 Å². The smallest absolute Gasteiger partial charge is 0.315 e. The first-order valence-corrected chi connectivity index (χ1v) is 8.27. The summed E-state index contributed by atoms with van der Waals surface area (Å²) < 4.78 is 0. The van der Waals surface area contributed by atoms with Crippen LogP contribution < -0.4 is 10.6 Å². The lowest BCUT2D eigenvalue weighted by Gasteiger charge is -2.31. The van der Waals surface area contributed by atoms with Gasteiger partial charge in [-0.2, -0.15) is 0 Å². The van der Waals surface area contributed by atoms with Crippen molar-refractivity contribution in [3.05, 3.63) is 0 Å². The van der Waals surface area contributed by atoms with Crippen LogP contribution in [0, 0.1) is 5.41 Å². The van der Waals surface area contributed by atoms with Crippen LogP contribution in [-0.4, -0.2) is 29.2 Å². The Hall–Kier alpha value is -1.26. The third-order valence-electron chi connectivity index (χ3n) is 5.47. The van der Waals surface area contributed by atoms with Crippen molar-refractivity contribution in [2.24, 2.45) is 5.41 Å². The number of carbonyl (C=O) groups excluding carboxylic acids is 1. The molecular weight excluding hydrogens is 268 g/mol. The van der Waals surface area contributed by atoms with Gasteiger partial charge in [0.1, 0.15) is 0 Å². The van der Waals surface area contributed by atoms with Crippen molar-refractivity contribution in [1.82, 2.24) is 10.6 Å². The standard InChI is InChI=1S/C16H28N2O3/c1-2-15(7-3-4-8-15)12-17-14(21)18-16(11-13(19)20)9-5-6-10-16/h2-12H2,1H3,(H,19,20)(H2,17,18,21). The van der Waals surface area contributed by atoms with Crippen LogP contribution in [0.25, 0.3) is 0 Å². The van der Waals surface area contributed by atoms with Crippen molar-refractivity contribution in [3.63, 3.8) is 0 Å². The molecule has 21 heavy (non-hydrogen) atoms. The summed E-state index contributed by atoms with van der Waals surface area (Å²) in [5.41, 5.74) is -0.280. The molecule has 0 aromatic carbocycles. The van der Waals surface area contributed by atoms with Crippen LogP contribution >= 0.6 is 0 Å². The molecule has 2 aliphatic carbocycles. The molecule has 0 radical (unpaired) electrons. The van der Waals surface area contributed by atoms with Crippen molar-refractivity contribution in [1.29, 1.82) is 0 Å². The summed E-state index contributed by atoms with van der Waals surface area (Å²) in [4.78, 5) is 23.2. The Morgan fingerprint density at radius 2 is 1.62 bits per heavy atom. The topological polar surface area (TPSA) is 78.4 Å². The van der Waals surface area contributed by atoms with Crippen molar-refractivity contribution in [3.8, 4) is 0 Å². The fraction of sp³-hybridized carbons (Fsp3) is 0.875. The second kappa shape index (κ2) is 6.67. The van der Waals surface area contributed by atoms with Gasteiger partial charge < -0.3 is 15.7 Å². The Morgan fingerprint density at radius 3 is 2.14 bits per heavy atom. The van der Waals surface area contributed by atoms with Crippen molar-refractivity contribution < 1.29 is 14.7 Å². The quantitative estimate of drug-likeness (QED) is 0.705. The molecule has 0 unspecified atom stereocenters. The normalized spacial score (nSPS) is 22.9. The molecule has 0 aromatic heterocycles. The van der Waals surface area contributed by atoms with E-state index in [4.69, 9.17) is 5.11 Å². The molecule has 2 rings (SSSR count). The number of carboxylic acid groups (broad SMARTS) is 1. The minimum atomic E-state index is -0.835. The predicted molar refractivity (Wildman–Crippen MR) is 81.2 cm³/mol. The van der Waals surface area contributed by atoms with Crippen LogP contribution in [0.4, 0.5) is 4.79 Å². The van der Waals surface area contributed by atoms with Gasteiger partial charge in [0, 0.05) is 6.54 Å². The van der Waals surface area contributed by atoms with Crippen LogP contribution in [0.5, 0.6) is 0 Å². The molecule has 5 heteroatoms. The van der Waals surface area contributed by atoms with Crippen LogP contribution in [0.15, 0.2) is 0 Å². The van der Waals surface area contributed by atoms with Crippen molar-refractivity contribution >= 4 is 12.0 Å². The van der Waals surface area contributed by atoms with Gasteiger partial charge in [-0.3, -0.25) is 4.79 Å². The van der Waals surface area contributed by atoms with Gasteiger partial charge in [0.2, 0.25) is 0 Å². The van der Waals surface area contributed by atoms with E-state index in [9.17, 15) is 9.59 Å². The highest BCUT2D eigenvalue weighted by Gasteiger charge is 2.38. The molecule has 120 valence electrons. The Bertz CT molecular complexity index is 383. The van der Waals surface area contributed by atoms with Gasteiger partial charge in [-0.1, -0.05) is 32.6 Å².